The van der Waals surface area contributed by atoms with Crippen LogP contribution in [0.3, 0.4) is 0 Å². The van der Waals surface area contributed by atoms with Crippen LogP contribution < -0.4 is 0 Å². The topological polar surface area (TPSA) is 176 Å². The summed E-state index contributed by atoms with van der Waals surface area (Å²) in [5, 5.41) is 53.3. The zero-order valence-corrected chi connectivity index (χ0v) is 14.7. The minimum atomic E-state index is -2.49. The van der Waals surface area contributed by atoms with Crippen LogP contribution in [0.25, 0.3) is 10.9 Å². The molecule has 1 saturated heterocycles. The van der Waals surface area contributed by atoms with Gasteiger partial charge in [0.15, 0.2) is 6.04 Å². The van der Waals surface area contributed by atoms with Gasteiger partial charge in [0, 0.05) is 23.5 Å². The van der Waals surface area contributed by atoms with Crippen molar-refractivity contribution in [1.29, 1.82) is 0 Å². The second-order valence-electron chi connectivity index (χ2n) is 6.76. The molecule has 1 aliphatic rings. The van der Waals surface area contributed by atoms with E-state index in [1.165, 1.54) is 0 Å². The van der Waals surface area contributed by atoms with Crippen molar-refractivity contribution in [2.24, 2.45) is 5.29 Å². The fraction of sp³-hybridized carbons (Fsp3) is 0.471. The van der Waals surface area contributed by atoms with Gasteiger partial charge >= 0.3 is 5.97 Å². The van der Waals surface area contributed by atoms with E-state index in [1.807, 2.05) is 12.1 Å². The number of aromatic nitrogens is 1. The molecule has 11 heteroatoms. The molecule has 0 bridgehead atoms. The van der Waals surface area contributed by atoms with Crippen molar-refractivity contribution >= 4 is 16.9 Å². The maximum absolute atomic E-state index is 11.8. The zero-order valence-electron chi connectivity index (χ0n) is 14.7. The van der Waals surface area contributed by atoms with Crippen LogP contribution in [0.1, 0.15) is 5.56 Å². The van der Waals surface area contributed by atoms with E-state index in [0.717, 1.165) is 10.9 Å². The number of nitroso groups, excluding NO2 is 1. The number of fused-ring (bicyclic) bond motifs is 1. The number of ether oxygens (including phenoxy) is 1. The van der Waals surface area contributed by atoms with Gasteiger partial charge in [0.2, 0.25) is 5.79 Å². The smallest absolute Gasteiger partial charge is 0.328 e. The van der Waals surface area contributed by atoms with Crippen molar-refractivity contribution in [1.82, 2.24) is 9.99 Å². The molecule has 2 heterocycles. The second kappa shape index (κ2) is 7.81. The number of nitrogens with one attached hydrogen (secondary N) is 1. The third-order valence-corrected chi connectivity index (χ3v) is 4.91. The normalized spacial score (nSPS) is 28.8. The lowest BCUT2D eigenvalue weighted by Gasteiger charge is -2.43. The standard InChI is InChI=1S/C17H21N3O8/c21-13-7-28-17(26,15(23)14(13)22)8-20(19-27)12(16(24)25)5-9-6-18-11-4-2-1-3-10(9)11/h1-4,6,12-15,18,21-23,26H,5,7-8H2,(H,24,25)/t12-,13-,14-,15-,17-/m1/s1. The largest absolute Gasteiger partial charge is 0.480 e. The van der Waals surface area contributed by atoms with Gasteiger partial charge in [0.25, 0.3) is 0 Å². The molecule has 0 aliphatic carbocycles. The van der Waals surface area contributed by atoms with Crippen molar-refractivity contribution in [2.75, 3.05) is 13.2 Å². The van der Waals surface area contributed by atoms with Crippen LogP contribution in [0.15, 0.2) is 35.7 Å². The zero-order chi connectivity index (χ0) is 20.5. The van der Waals surface area contributed by atoms with E-state index in [-0.39, 0.29) is 6.42 Å². The Morgan fingerprint density at radius 2 is 2.07 bits per heavy atom. The van der Waals surface area contributed by atoms with Crippen molar-refractivity contribution in [3.63, 3.8) is 0 Å². The third kappa shape index (κ3) is 3.70. The van der Waals surface area contributed by atoms with Gasteiger partial charge in [0.1, 0.15) is 18.3 Å². The van der Waals surface area contributed by atoms with Gasteiger partial charge in [-0.25, -0.2) is 9.80 Å². The summed E-state index contributed by atoms with van der Waals surface area (Å²) in [5.41, 5.74) is 1.40. The van der Waals surface area contributed by atoms with Crippen LogP contribution in [0.2, 0.25) is 0 Å². The van der Waals surface area contributed by atoms with E-state index >= 15 is 0 Å². The molecular weight excluding hydrogens is 374 g/mol. The number of aromatic amines is 1. The van der Waals surface area contributed by atoms with E-state index in [4.69, 9.17) is 4.74 Å². The monoisotopic (exact) mass is 395 g/mol. The number of aliphatic hydroxyl groups is 4. The van der Waals surface area contributed by atoms with E-state index in [9.17, 15) is 35.2 Å². The molecule has 0 unspecified atom stereocenters. The molecule has 0 spiro atoms. The van der Waals surface area contributed by atoms with E-state index < -0.39 is 49.3 Å². The van der Waals surface area contributed by atoms with Crippen molar-refractivity contribution in [3.8, 4) is 0 Å². The summed E-state index contributed by atoms with van der Waals surface area (Å²) in [6.07, 6.45) is -3.64. The predicted molar refractivity (Wildman–Crippen MR) is 94.8 cm³/mol. The number of hydrogen-bond donors (Lipinski definition) is 6. The highest BCUT2D eigenvalue weighted by molar-refractivity contribution is 5.84. The summed E-state index contributed by atoms with van der Waals surface area (Å²) in [4.78, 5) is 26.1. The molecular formula is C17H21N3O8. The number of carbonyl (C=O) groups is 1. The Morgan fingerprint density at radius 3 is 2.75 bits per heavy atom. The molecule has 152 valence electrons. The summed E-state index contributed by atoms with van der Waals surface area (Å²) in [6.45, 7) is -1.33. The van der Waals surface area contributed by atoms with Gasteiger partial charge in [-0.2, -0.15) is 0 Å². The van der Waals surface area contributed by atoms with Gasteiger partial charge in [-0.1, -0.05) is 18.2 Å². The van der Waals surface area contributed by atoms with E-state index in [2.05, 4.69) is 10.3 Å². The Balaban J connectivity index is 1.83. The molecule has 1 aromatic carbocycles. The first kappa shape index (κ1) is 20.2. The second-order valence-corrected chi connectivity index (χ2v) is 6.76. The number of nitrogens with zero attached hydrogens (tertiary/aromatic N) is 2. The van der Waals surface area contributed by atoms with Gasteiger partial charge in [0.05, 0.1) is 18.4 Å². The summed E-state index contributed by atoms with van der Waals surface area (Å²) >= 11 is 0. The lowest BCUT2D eigenvalue weighted by molar-refractivity contribution is -0.326. The van der Waals surface area contributed by atoms with Gasteiger partial charge < -0.3 is 35.3 Å². The molecule has 28 heavy (non-hydrogen) atoms. The third-order valence-electron chi connectivity index (χ3n) is 4.91. The van der Waals surface area contributed by atoms with Crippen LogP contribution in [-0.4, -0.2) is 84.8 Å². The van der Waals surface area contributed by atoms with Crippen LogP contribution >= 0.6 is 0 Å². The summed E-state index contributed by atoms with van der Waals surface area (Å²) in [6, 6.07) is 5.73. The first-order valence-electron chi connectivity index (χ1n) is 8.55. The number of benzene rings is 1. The Bertz CT molecular complexity index is 858. The average molecular weight is 395 g/mol. The Kier molecular flexibility index (Phi) is 5.63. The Hall–Kier alpha value is -2.57. The lowest BCUT2D eigenvalue weighted by atomic mass is 9.96. The Morgan fingerprint density at radius 1 is 1.36 bits per heavy atom. The molecule has 0 amide bonds. The van der Waals surface area contributed by atoms with E-state index in [0.29, 0.717) is 10.6 Å². The van der Waals surface area contributed by atoms with Crippen molar-refractivity contribution in [3.05, 3.63) is 40.9 Å². The molecule has 5 atom stereocenters. The minimum absolute atomic E-state index is 0.123. The first-order chi connectivity index (χ1) is 13.3. The highest BCUT2D eigenvalue weighted by Gasteiger charge is 2.50. The average Bonchev–Trinajstić information content (AvgIpc) is 3.09. The highest BCUT2D eigenvalue weighted by atomic mass is 16.6. The van der Waals surface area contributed by atoms with Gasteiger partial charge in [-0.3, -0.25) is 0 Å². The van der Waals surface area contributed by atoms with Crippen LogP contribution in [0, 0.1) is 4.91 Å². The van der Waals surface area contributed by atoms with Gasteiger partial charge in [-0.15, -0.1) is 4.91 Å². The molecule has 1 aromatic heterocycles. The molecule has 6 N–H and O–H groups in total. The van der Waals surface area contributed by atoms with Crippen molar-refractivity contribution in [2.45, 2.75) is 36.6 Å². The summed E-state index contributed by atoms with van der Waals surface area (Å²) in [7, 11) is 0. The summed E-state index contributed by atoms with van der Waals surface area (Å²) < 4.78 is 4.98. The lowest BCUT2D eigenvalue weighted by Crippen LogP contribution is -2.65. The highest BCUT2D eigenvalue weighted by Crippen LogP contribution is 2.27. The number of aliphatic carboxylic acids is 1. The van der Waals surface area contributed by atoms with Crippen LogP contribution in [0.4, 0.5) is 0 Å². The SMILES string of the molecule is O=NN(C[C@@]1(O)OC[C@@H](O)[C@@H](O)[C@H]1O)[C@H](Cc1c[nH]c2ccccc12)C(=O)O. The van der Waals surface area contributed by atoms with Crippen molar-refractivity contribution < 1.29 is 35.1 Å². The molecule has 1 aliphatic heterocycles. The first-order valence-corrected chi connectivity index (χ1v) is 8.55. The molecule has 0 saturated carbocycles. The molecule has 11 nitrogen and oxygen atoms in total. The number of H-pyrrole nitrogens is 1. The fourth-order valence-electron chi connectivity index (χ4n) is 3.29. The molecule has 0 radical (unpaired) electrons. The molecule has 3 rings (SSSR count). The fourth-order valence-corrected chi connectivity index (χ4v) is 3.29. The minimum Gasteiger partial charge on any atom is -0.480 e. The maximum Gasteiger partial charge on any atom is 0.328 e. The number of hydrogen-bond acceptors (Lipinski definition) is 8. The Labute approximate surface area is 158 Å². The maximum atomic E-state index is 11.8. The number of rotatable bonds is 7. The van der Waals surface area contributed by atoms with Gasteiger partial charge in [-0.05, 0) is 11.6 Å². The number of para-hydroxylation sites is 1. The predicted octanol–water partition coefficient (Wildman–Crippen LogP) is -1.05. The summed E-state index contributed by atoms with van der Waals surface area (Å²) in [5.74, 6) is -3.86. The molecule has 1 fully saturated rings. The quantitative estimate of drug-likeness (QED) is 0.252. The van der Waals surface area contributed by atoms with E-state index in [1.54, 1.807) is 18.3 Å². The number of aliphatic hydroxyl groups excluding tert-OH is 3. The van der Waals surface area contributed by atoms with Crippen LogP contribution in [-0.2, 0) is 16.0 Å². The molecule has 2 aromatic rings. The number of carboxylic acids is 1. The number of carboxylic acid groups (broad SMARTS) is 1. The van der Waals surface area contributed by atoms with Crippen LogP contribution in [0.5, 0.6) is 0 Å².